The molecule has 1 amide bonds. The van der Waals surface area contributed by atoms with E-state index >= 15 is 9.59 Å². The van der Waals surface area contributed by atoms with Crippen LogP contribution in [0.2, 0.25) is 0 Å². The highest BCUT2D eigenvalue weighted by Gasteiger charge is 2.74. The molecule has 0 aromatic heterocycles. The van der Waals surface area contributed by atoms with Gasteiger partial charge in [0.15, 0.2) is 56.2 Å². The monoisotopic (exact) mass is 2080 g/mol. The topological polar surface area (TPSA) is 721 Å². The van der Waals surface area contributed by atoms with Crippen LogP contribution in [0.1, 0.15) is 167 Å². The van der Waals surface area contributed by atoms with Crippen molar-refractivity contribution in [3.8, 4) is 0 Å². The quantitative estimate of drug-likeness (QED) is 0.00938. The Morgan fingerprint density at radius 2 is 1.04 bits per heavy atom. The van der Waals surface area contributed by atoms with Gasteiger partial charge in [-0.2, -0.15) is 0 Å². The second-order valence-electron chi connectivity index (χ2n) is 44.8. The lowest BCUT2D eigenvalue weighted by molar-refractivity contribution is -0.390. The first kappa shape index (κ1) is 116. The van der Waals surface area contributed by atoms with E-state index in [4.69, 9.17) is 90.0 Å². The Bertz CT molecular complexity index is 4470. The van der Waals surface area contributed by atoms with Crippen molar-refractivity contribution >= 4 is 23.8 Å². The van der Waals surface area contributed by atoms with Gasteiger partial charge in [-0.15, -0.1) is 13.2 Å². The summed E-state index contributed by atoms with van der Waals surface area (Å²) < 4.78 is 116. The Kier molecular flexibility index (Phi) is 36.2. The van der Waals surface area contributed by atoms with Crippen LogP contribution in [-0.2, 0) is 109 Å². The zero-order valence-corrected chi connectivity index (χ0v) is 83.9. The van der Waals surface area contributed by atoms with Gasteiger partial charge in [-0.25, -0.2) is 4.79 Å². The van der Waals surface area contributed by atoms with Crippen molar-refractivity contribution in [2.45, 2.75) is 436 Å². The minimum absolute atomic E-state index is 0.0207. The van der Waals surface area contributed by atoms with Crippen molar-refractivity contribution in [2.24, 2.45) is 56.2 Å². The highest BCUT2D eigenvalue weighted by molar-refractivity contribution is 5.89. The number of aliphatic hydroxyl groups excluding tert-OH is 22. The van der Waals surface area contributed by atoms with E-state index in [-0.39, 0.29) is 56.1 Å². The number of esters is 3. The van der Waals surface area contributed by atoms with Crippen LogP contribution in [0.15, 0.2) is 48.6 Å². The number of ether oxygens (including phenoxy) is 19. The maximum Gasteiger partial charge on any atom is 0.336 e. The van der Waals surface area contributed by atoms with Crippen LogP contribution in [0.3, 0.4) is 0 Å². The number of fused-ring (bicyclic) bond motifs is 7. The Labute approximate surface area is 839 Å². The SMILES string of the molecule is C=CC(C)(O)CCC1OCC1C(=O)O[C@H]1[C@H](O)[C@@H](O)[C@H](O[C@](C)(C=C)CC/C=C(\CO)C(=O)O[C@H]2C[C@@]3(C(=O)O[C@@H]4O[C@H](CO)[C@@H](O)[C@H](O)[C@H]4O[C@H]4O[C@@H](C)[C@H](O[C@@H]5O[C@@H](CO)[C@H](O)[C@H]5O)[C@@H](O[C@H]5O[C@H](CO)[C@@H](O)[C@H](O)[C@H]5O)[C@H]4O)C(CC2(C)C)C2=CCC4[C@@]5(C)CC[C@H](OC6O[C@H](CO[C@@H]7O[C@H](C)[C@H](O)[C@H](O)[C@H]7O[C@@H]7OC[C@@H](O)[C@H](O)[C@H]7O)[C@@H](O)[C@H](O)[C@H]6NC(C)=O)C(C)(C)C5CC[C@@]4(C)[C@]2(C)C[C@H]3O)O[C@@H]1C. The van der Waals surface area contributed by atoms with E-state index in [2.05, 4.69) is 52.2 Å². The van der Waals surface area contributed by atoms with E-state index in [1.54, 1.807) is 27.7 Å². The smallest absolute Gasteiger partial charge is 0.336 e. The standard InChI is InChI=1S/C98H155NO46/c1-16-93(11,126)26-22-48-44(36-127-48)81(124)139-75-40(4)132-87(73(121)69(75)117)145-94(12,17-2)25-18-19-43(32-100)80(123)137-57-31-98(90(125)144-89-79(68(116)62(110)50(34-102)135-89)143-86-74(122)77(141-85-72(120)66(114)61(109)49(33-101)133-85)76(41(5)131-86)140-84-71(119)63(111)51(35-103)134-84)46(29-91(57,7)8)45-20-21-54-95(13)27-24-56(92(9,10)53(95)23-28-96(54,14)97(45,15)30-55(98)106)138-82-58(99-42(6)104)65(113)64(112)52(136-82)38-129-88-78(67(115)59(107)39(3)130-88)142-83-70(118)60(108)47(105)37-128-83/h16-17,19-20,39-41,44,46-79,82-89,100-103,105-122,126H,1-2,18,21-38H2,3-15H3,(H,99,104)/b43-19+/t39-,40-,41+,44?,46?,47-,48?,49-,50-,51+,52-,53?,54?,55-,56+,57+,58-,59+,60+,61-,62-,63+,64-,65-,66+,67+,68+,69-,70-,71-,72-,73-,74-,75-,76+,77+,78-,79-,82?,83+,84+,85-,86-,87+,88-,89+,93?,94-,95+,96-,97-,98-/m1/s1. The summed E-state index contributed by atoms with van der Waals surface area (Å²) in [6, 6.07) is -1.38. The summed E-state index contributed by atoms with van der Waals surface area (Å²) in [5.41, 5.74) is -8.80. The number of nitrogens with one attached hydrogen (secondary N) is 1. The molecule has 47 nitrogen and oxygen atoms in total. The fourth-order valence-corrected chi connectivity index (χ4v) is 25.2. The molecule has 0 aromatic carbocycles. The summed E-state index contributed by atoms with van der Waals surface area (Å²) in [4.78, 5) is 58.6. The number of allylic oxidation sites excluding steroid dienone is 3. The first-order valence-corrected chi connectivity index (χ1v) is 50.4. The van der Waals surface area contributed by atoms with Gasteiger partial charge in [0.1, 0.15) is 170 Å². The lowest BCUT2D eigenvalue weighted by atomic mass is 9.33. The third-order valence-corrected chi connectivity index (χ3v) is 34.7. The lowest BCUT2D eigenvalue weighted by Gasteiger charge is -2.72. The molecule has 52 atom stereocenters. The molecule has 9 heterocycles. The molecule has 4 saturated carbocycles. The first-order valence-electron chi connectivity index (χ1n) is 50.4. The molecule has 24 N–H and O–H groups in total. The molecule has 9 aliphatic heterocycles. The minimum atomic E-state index is -2.29. The van der Waals surface area contributed by atoms with Crippen molar-refractivity contribution in [3.05, 3.63) is 48.6 Å². The predicted octanol–water partition coefficient (Wildman–Crippen LogP) is -5.82. The predicted molar refractivity (Wildman–Crippen MR) is 488 cm³/mol. The summed E-state index contributed by atoms with van der Waals surface area (Å²) in [7, 11) is 0. The van der Waals surface area contributed by atoms with Gasteiger partial charge < -0.3 is 213 Å². The third kappa shape index (κ3) is 22.3. The number of rotatable bonds is 34. The van der Waals surface area contributed by atoms with Crippen molar-refractivity contribution in [3.63, 3.8) is 0 Å². The molecule has 7 unspecified atom stereocenters. The molecule has 828 valence electrons. The molecule has 9 saturated heterocycles. The molecule has 14 rings (SSSR count). The van der Waals surface area contributed by atoms with E-state index in [9.17, 15) is 127 Å². The average molecular weight is 2080 g/mol. The van der Waals surface area contributed by atoms with Gasteiger partial charge in [0.2, 0.25) is 12.2 Å². The second-order valence-corrected chi connectivity index (χ2v) is 44.8. The molecule has 0 aromatic rings. The van der Waals surface area contributed by atoms with Crippen LogP contribution in [0, 0.1) is 56.2 Å². The summed E-state index contributed by atoms with van der Waals surface area (Å²) in [5, 5.41) is 262. The summed E-state index contributed by atoms with van der Waals surface area (Å²) in [6.45, 7) is 25.5. The number of carbonyl (C=O) groups is 4. The number of hydrogen-bond donors (Lipinski definition) is 24. The van der Waals surface area contributed by atoms with Gasteiger partial charge >= 0.3 is 17.9 Å². The third-order valence-electron chi connectivity index (χ3n) is 34.7. The van der Waals surface area contributed by atoms with Crippen LogP contribution in [0.5, 0.6) is 0 Å². The minimum Gasteiger partial charge on any atom is -0.458 e. The highest BCUT2D eigenvalue weighted by atomic mass is 16.8. The van der Waals surface area contributed by atoms with Crippen molar-refractivity contribution in [1.29, 1.82) is 0 Å². The molecule has 13 fully saturated rings. The largest absolute Gasteiger partial charge is 0.458 e. The first-order chi connectivity index (χ1) is 68.0. The molecule has 145 heavy (non-hydrogen) atoms. The molecule has 47 heteroatoms. The zero-order chi connectivity index (χ0) is 106. The molecular formula is C98H155NO46. The Hall–Kier alpha value is -4.72. The fourth-order valence-electron chi connectivity index (χ4n) is 25.2. The molecule has 14 aliphatic rings. The molecule has 0 bridgehead atoms. The van der Waals surface area contributed by atoms with Gasteiger partial charge in [0.05, 0.1) is 99.6 Å². The Morgan fingerprint density at radius 1 is 0.497 bits per heavy atom. The Balaban J connectivity index is 0.741. The maximum atomic E-state index is 16.9. The summed E-state index contributed by atoms with van der Waals surface area (Å²) in [5.74, 6) is -5.86. The van der Waals surface area contributed by atoms with Gasteiger partial charge in [0.25, 0.3) is 0 Å². The average Bonchev–Trinajstić information content (AvgIpc) is 0.843. The lowest BCUT2D eigenvalue weighted by Crippen LogP contribution is -2.70. The van der Waals surface area contributed by atoms with Gasteiger partial charge in [-0.05, 0) is 145 Å². The van der Waals surface area contributed by atoms with Crippen LogP contribution >= 0.6 is 0 Å². The van der Waals surface area contributed by atoms with Crippen LogP contribution in [-0.4, -0.2) is 457 Å². The zero-order valence-electron chi connectivity index (χ0n) is 83.9. The van der Waals surface area contributed by atoms with Crippen molar-refractivity contribution in [1.82, 2.24) is 5.32 Å². The molecular weight excluding hydrogens is 1930 g/mol. The number of aliphatic hydroxyl groups is 23. The normalized spacial score (nSPS) is 49.0. The number of hydrogen-bond acceptors (Lipinski definition) is 46. The fraction of sp³-hybridized carbons (Fsp3) is 0.878. The molecule has 5 aliphatic carbocycles. The van der Waals surface area contributed by atoms with Crippen LogP contribution in [0.4, 0.5) is 0 Å². The maximum absolute atomic E-state index is 16.9. The van der Waals surface area contributed by atoms with E-state index in [0.29, 0.717) is 38.5 Å². The van der Waals surface area contributed by atoms with Crippen molar-refractivity contribution in [2.75, 3.05) is 46.2 Å². The molecule has 0 spiro atoms. The highest BCUT2D eigenvalue weighted by Crippen LogP contribution is 2.76. The Morgan fingerprint density at radius 3 is 1.66 bits per heavy atom. The van der Waals surface area contributed by atoms with Gasteiger partial charge in [-0.3, -0.25) is 14.4 Å². The van der Waals surface area contributed by atoms with E-state index in [0.717, 1.165) is 5.57 Å². The molecule has 0 radical (unpaired) electrons. The van der Waals surface area contributed by atoms with Gasteiger partial charge in [-0.1, -0.05) is 78.3 Å². The number of amides is 1. The summed E-state index contributed by atoms with van der Waals surface area (Å²) in [6.07, 6.45) is -61.6. The second kappa shape index (κ2) is 45.4. The van der Waals surface area contributed by atoms with E-state index in [1.807, 2.05) is 6.92 Å². The van der Waals surface area contributed by atoms with Crippen LogP contribution in [0.25, 0.3) is 0 Å². The van der Waals surface area contributed by atoms with Crippen molar-refractivity contribution < 1.29 is 227 Å². The van der Waals surface area contributed by atoms with E-state index in [1.165, 1.54) is 45.9 Å². The van der Waals surface area contributed by atoms with E-state index < -0.39 is 383 Å². The summed E-state index contributed by atoms with van der Waals surface area (Å²) >= 11 is 0. The number of carbonyl (C=O) groups excluding carboxylic acids is 4. The van der Waals surface area contributed by atoms with Crippen LogP contribution < -0.4 is 5.32 Å². The van der Waals surface area contributed by atoms with Gasteiger partial charge in [0, 0.05) is 18.8 Å².